The molecule has 0 aromatic heterocycles. The highest BCUT2D eigenvalue weighted by molar-refractivity contribution is 9.10. The molecule has 1 rings (SSSR count). The van der Waals surface area contributed by atoms with Crippen LogP contribution in [-0.2, 0) is 0 Å². The Bertz CT molecular complexity index is 433. The molecular formula is C13H19BrF2N2. The molecule has 5 heteroatoms. The van der Waals surface area contributed by atoms with Gasteiger partial charge in [0.15, 0.2) is 0 Å². The standard InChI is InChI=1S/C13H19BrF2N2/c1-13(2,18(4)5)12(17-3)10-9(15)7-6-8(14)11(10)16/h6-7,12,17H,1-5H3. The quantitative estimate of drug-likeness (QED) is 0.856. The van der Waals surface area contributed by atoms with Crippen molar-refractivity contribution >= 4 is 15.9 Å². The lowest BCUT2D eigenvalue weighted by molar-refractivity contribution is 0.138. The molecule has 102 valence electrons. The lowest BCUT2D eigenvalue weighted by Gasteiger charge is -2.40. The van der Waals surface area contributed by atoms with Gasteiger partial charge in [-0.3, -0.25) is 0 Å². The van der Waals surface area contributed by atoms with Crippen molar-refractivity contribution < 1.29 is 8.78 Å². The Morgan fingerprint density at radius 2 is 1.83 bits per heavy atom. The zero-order chi connectivity index (χ0) is 14.1. The van der Waals surface area contributed by atoms with Gasteiger partial charge in [-0.2, -0.15) is 0 Å². The van der Waals surface area contributed by atoms with Gasteiger partial charge in [0, 0.05) is 11.1 Å². The fourth-order valence-corrected chi connectivity index (χ4v) is 2.26. The first kappa shape index (κ1) is 15.5. The van der Waals surface area contributed by atoms with Crippen molar-refractivity contribution in [2.75, 3.05) is 21.1 Å². The molecule has 2 nitrogen and oxygen atoms in total. The molecule has 1 atom stereocenters. The van der Waals surface area contributed by atoms with Gasteiger partial charge in [-0.1, -0.05) is 0 Å². The third kappa shape index (κ3) is 2.73. The third-order valence-electron chi connectivity index (χ3n) is 3.52. The van der Waals surface area contributed by atoms with Crippen LogP contribution >= 0.6 is 15.9 Å². The van der Waals surface area contributed by atoms with Crippen LogP contribution in [0, 0.1) is 11.6 Å². The molecule has 1 unspecified atom stereocenters. The van der Waals surface area contributed by atoms with Crippen molar-refractivity contribution in [1.29, 1.82) is 0 Å². The van der Waals surface area contributed by atoms with Gasteiger partial charge in [0.2, 0.25) is 0 Å². The summed E-state index contributed by atoms with van der Waals surface area (Å²) in [5.74, 6) is -1.09. The zero-order valence-electron chi connectivity index (χ0n) is 11.3. The van der Waals surface area contributed by atoms with Crippen LogP contribution in [0.5, 0.6) is 0 Å². The number of rotatable bonds is 4. The Kier molecular flexibility index (Phi) is 4.86. The van der Waals surface area contributed by atoms with Crippen LogP contribution < -0.4 is 5.32 Å². The number of nitrogens with one attached hydrogen (secondary N) is 1. The van der Waals surface area contributed by atoms with Crippen molar-refractivity contribution in [3.63, 3.8) is 0 Å². The van der Waals surface area contributed by atoms with Gasteiger partial charge in [-0.25, -0.2) is 8.78 Å². The Morgan fingerprint density at radius 1 is 1.28 bits per heavy atom. The fourth-order valence-electron chi connectivity index (χ4n) is 1.92. The minimum Gasteiger partial charge on any atom is -0.311 e. The van der Waals surface area contributed by atoms with Gasteiger partial charge >= 0.3 is 0 Å². The number of likely N-dealkylation sites (N-methyl/N-ethyl adjacent to an activating group) is 2. The van der Waals surface area contributed by atoms with Gasteiger partial charge in [-0.05, 0) is 63.1 Å². The summed E-state index contributed by atoms with van der Waals surface area (Å²) >= 11 is 3.10. The number of halogens is 3. The van der Waals surface area contributed by atoms with E-state index in [0.29, 0.717) is 0 Å². The van der Waals surface area contributed by atoms with Gasteiger partial charge < -0.3 is 10.2 Å². The van der Waals surface area contributed by atoms with E-state index in [9.17, 15) is 8.78 Å². The van der Waals surface area contributed by atoms with Crippen molar-refractivity contribution in [2.45, 2.75) is 25.4 Å². The smallest absolute Gasteiger partial charge is 0.145 e. The average molecular weight is 321 g/mol. The Balaban J connectivity index is 3.38. The number of hydrogen-bond donors (Lipinski definition) is 1. The first-order valence-electron chi connectivity index (χ1n) is 5.71. The molecule has 0 heterocycles. The molecule has 0 amide bonds. The van der Waals surface area contributed by atoms with Gasteiger partial charge in [0.05, 0.1) is 10.5 Å². The molecule has 0 aliphatic carbocycles. The molecule has 0 bridgehead atoms. The molecule has 0 aliphatic heterocycles. The molecular weight excluding hydrogens is 302 g/mol. The molecule has 0 spiro atoms. The molecule has 18 heavy (non-hydrogen) atoms. The first-order chi connectivity index (χ1) is 8.23. The second-order valence-electron chi connectivity index (χ2n) is 5.03. The van der Waals surface area contributed by atoms with Crippen LogP contribution in [0.25, 0.3) is 0 Å². The van der Waals surface area contributed by atoms with Crippen molar-refractivity contribution in [3.05, 3.63) is 33.8 Å². The van der Waals surface area contributed by atoms with Crippen LogP contribution in [0.4, 0.5) is 8.78 Å². The summed E-state index contributed by atoms with van der Waals surface area (Å²) in [6, 6.07) is 2.20. The highest BCUT2D eigenvalue weighted by atomic mass is 79.9. The summed E-state index contributed by atoms with van der Waals surface area (Å²) < 4.78 is 28.4. The summed E-state index contributed by atoms with van der Waals surface area (Å²) in [6.45, 7) is 3.88. The summed E-state index contributed by atoms with van der Waals surface area (Å²) in [5, 5.41) is 3.01. The SMILES string of the molecule is CNC(c1c(F)ccc(Br)c1F)C(C)(C)N(C)C. The topological polar surface area (TPSA) is 15.3 Å². The monoisotopic (exact) mass is 320 g/mol. The van der Waals surface area contributed by atoms with E-state index in [2.05, 4.69) is 21.2 Å². The third-order valence-corrected chi connectivity index (χ3v) is 4.13. The van der Waals surface area contributed by atoms with Gasteiger partial charge in [-0.15, -0.1) is 0 Å². The Morgan fingerprint density at radius 3 is 2.28 bits per heavy atom. The minimum absolute atomic E-state index is 0.0607. The van der Waals surface area contributed by atoms with Gasteiger partial charge in [0.25, 0.3) is 0 Å². The highest BCUT2D eigenvalue weighted by Crippen LogP contribution is 2.34. The summed E-state index contributed by atoms with van der Waals surface area (Å²) in [7, 11) is 5.48. The zero-order valence-corrected chi connectivity index (χ0v) is 12.9. The first-order valence-corrected chi connectivity index (χ1v) is 6.50. The van der Waals surface area contributed by atoms with E-state index in [4.69, 9.17) is 0 Å². The van der Waals surface area contributed by atoms with Crippen molar-refractivity contribution in [2.24, 2.45) is 0 Å². The van der Waals surface area contributed by atoms with E-state index in [1.807, 2.05) is 32.8 Å². The second kappa shape index (κ2) is 5.63. The Hall–Kier alpha value is -0.520. The van der Waals surface area contributed by atoms with E-state index >= 15 is 0 Å². The van der Waals surface area contributed by atoms with E-state index < -0.39 is 23.2 Å². The maximum Gasteiger partial charge on any atom is 0.145 e. The largest absolute Gasteiger partial charge is 0.311 e. The van der Waals surface area contributed by atoms with Crippen LogP contribution in [0.1, 0.15) is 25.5 Å². The average Bonchev–Trinajstić information content (AvgIpc) is 2.29. The lowest BCUT2D eigenvalue weighted by Crippen LogP contribution is -2.49. The summed E-state index contributed by atoms with van der Waals surface area (Å²) in [6.07, 6.45) is 0. The summed E-state index contributed by atoms with van der Waals surface area (Å²) in [5.41, 5.74) is -0.373. The van der Waals surface area contributed by atoms with E-state index in [0.717, 1.165) is 0 Å². The van der Waals surface area contributed by atoms with E-state index in [1.54, 1.807) is 7.05 Å². The minimum atomic E-state index is -0.552. The predicted octanol–water partition coefficient (Wildman–Crippen LogP) is 3.33. The van der Waals surface area contributed by atoms with E-state index in [1.165, 1.54) is 12.1 Å². The van der Waals surface area contributed by atoms with Gasteiger partial charge in [0.1, 0.15) is 11.6 Å². The van der Waals surface area contributed by atoms with Crippen molar-refractivity contribution in [1.82, 2.24) is 10.2 Å². The second-order valence-corrected chi connectivity index (χ2v) is 5.88. The van der Waals surface area contributed by atoms with Crippen LogP contribution in [0.15, 0.2) is 16.6 Å². The molecule has 0 saturated carbocycles. The predicted molar refractivity (Wildman–Crippen MR) is 73.6 cm³/mol. The highest BCUT2D eigenvalue weighted by Gasteiger charge is 2.35. The van der Waals surface area contributed by atoms with Crippen LogP contribution in [0.3, 0.4) is 0 Å². The van der Waals surface area contributed by atoms with Crippen molar-refractivity contribution in [3.8, 4) is 0 Å². The Labute approximate surface area is 115 Å². The van der Waals surface area contributed by atoms with Crippen LogP contribution in [0.2, 0.25) is 0 Å². The lowest BCUT2D eigenvalue weighted by atomic mass is 9.87. The number of benzene rings is 1. The maximum absolute atomic E-state index is 14.1. The number of nitrogens with zero attached hydrogens (tertiary/aromatic N) is 1. The van der Waals surface area contributed by atoms with E-state index in [-0.39, 0.29) is 10.0 Å². The molecule has 1 aromatic carbocycles. The van der Waals surface area contributed by atoms with Crippen LogP contribution in [-0.4, -0.2) is 31.6 Å². The fraction of sp³-hybridized carbons (Fsp3) is 0.538. The number of hydrogen-bond acceptors (Lipinski definition) is 2. The molecule has 0 saturated heterocycles. The molecule has 0 fully saturated rings. The summed E-state index contributed by atoms with van der Waals surface area (Å²) in [4.78, 5) is 1.94. The molecule has 1 aromatic rings. The molecule has 1 N–H and O–H groups in total. The normalized spacial score (nSPS) is 14.1. The molecule has 0 radical (unpaired) electrons. The maximum atomic E-state index is 14.1. The molecule has 0 aliphatic rings.